The van der Waals surface area contributed by atoms with Gasteiger partial charge in [-0.3, -0.25) is 0 Å². The molecule has 0 amide bonds. The molecule has 4 nitrogen and oxygen atoms in total. The predicted molar refractivity (Wildman–Crippen MR) is 85.9 cm³/mol. The quantitative estimate of drug-likeness (QED) is 0.715. The maximum atomic E-state index is 4.25. The van der Waals surface area contributed by atoms with Crippen molar-refractivity contribution in [2.45, 2.75) is 66.1 Å². The smallest absolute Gasteiger partial charge is 0.0951 e. The summed E-state index contributed by atoms with van der Waals surface area (Å²) < 4.78 is 2.23. The molecule has 1 unspecified atom stereocenters. The minimum absolute atomic E-state index is 0.479. The Bertz CT molecular complexity index is 355. The number of imidazole rings is 1. The van der Waals surface area contributed by atoms with Crippen molar-refractivity contribution in [2.24, 2.45) is 0 Å². The van der Waals surface area contributed by atoms with Gasteiger partial charge in [0, 0.05) is 24.8 Å². The molecule has 0 bridgehead atoms. The Labute approximate surface area is 124 Å². The van der Waals surface area contributed by atoms with Crippen LogP contribution in [0.1, 0.15) is 59.2 Å². The number of nitrogens with one attached hydrogen (secondary N) is 1. The van der Waals surface area contributed by atoms with Gasteiger partial charge < -0.3 is 14.8 Å². The molecule has 1 atom stereocenters. The minimum Gasteiger partial charge on any atom is -0.331 e. The van der Waals surface area contributed by atoms with Gasteiger partial charge in [-0.1, -0.05) is 13.8 Å². The van der Waals surface area contributed by atoms with Crippen LogP contribution in [0.25, 0.3) is 0 Å². The molecule has 1 N–H and O–H groups in total. The standard InChI is InChI=1S/C16H32N4/c1-6-19(7-2)10-8-9-15(5)18-12-16-11-17-13-20(16)14(3)4/h11,13-15,18H,6-10,12H2,1-5H3. The first-order valence-electron chi connectivity index (χ1n) is 8.04. The van der Waals surface area contributed by atoms with E-state index in [-0.39, 0.29) is 0 Å². The van der Waals surface area contributed by atoms with Crippen LogP contribution < -0.4 is 5.32 Å². The van der Waals surface area contributed by atoms with Gasteiger partial charge in [0.25, 0.3) is 0 Å². The third-order valence-corrected chi connectivity index (χ3v) is 3.94. The summed E-state index contributed by atoms with van der Waals surface area (Å²) in [7, 11) is 0. The van der Waals surface area contributed by atoms with Crippen molar-refractivity contribution in [1.29, 1.82) is 0 Å². The third kappa shape index (κ3) is 5.63. The van der Waals surface area contributed by atoms with Gasteiger partial charge in [-0.15, -0.1) is 0 Å². The van der Waals surface area contributed by atoms with Crippen molar-refractivity contribution in [3.8, 4) is 0 Å². The van der Waals surface area contributed by atoms with Crippen LogP contribution >= 0.6 is 0 Å². The van der Waals surface area contributed by atoms with Gasteiger partial charge in [0.05, 0.1) is 12.0 Å². The predicted octanol–water partition coefficient (Wildman–Crippen LogP) is 3.06. The van der Waals surface area contributed by atoms with E-state index in [4.69, 9.17) is 0 Å². The number of rotatable bonds is 10. The molecule has 116 valence electrons. The summed E-state index contributed by atoms with van der Waals surface area (Å²) in [6.45, 7) is 15.6. The van der Waals surface area contributed by atoms with Gasteiger partial charge in [-0.2, -0.15) is 0 Å². The highest BCUT2D eigenvalue weighted by Crippen LogP contribution is 2.09. The molecule has 0 aromatic carbocycles. The molecule has 0 radical (unpaired) electrons. The lowest BCUT2D eigenvalue weighted by Crippen LogP contribution is -2.29. The van der Waals surface area contributed by atoms with E-state index in [1.165, 1.54) is 25.1 Å². The van der Waals surface area contributed by atoms with Gasteiger partial charge in [0.15, 0.2) is 0 Å². The van der Waals surface area contributed by atoms with Crippen molar-refractivity contribution >= 4 is 0 Å². The number of hydrogen-bond acceptors (Lipinski definition) is 3. The fraction of sp³-hybridized carbons (Fsp3) is 0.812. The van der Waals surface area contributed by atoms with Crippen molar-refractivity contribution in [1.82, 2.24) is 19.8 Å². The van der Waals surface area contributed by atoms with Crippen LogP contribution in [-0.4, -0.2) is 40.1 Å². The molecule has 1 heterocycles. The molecule has 0 saturated heterocycles. The number of hydrogen-bond donors (Lipinski definition) is 1. The molecular weight excluding hydrogens is 248 g/mol. The third-order valence-electron chi connectivity index (χ3n) is 3.94. The summed E-state index contributed by atoms with van der Waals surface area (Å²) in [5.74, 6) is 0. The van der Waals surface area contributed by atoms with Crippen molar-refractivity contribution in [3.63, 3.8) is 0 Å². The van der Waals surface area contributed by atoms with Crippen LogP contribution in [0, 0.1) is 0 Å². The zero-order valence-electron chi connectivity index (χ0n) is 13.9. The number of aromatic nitrogens is 2. The summed E-state index contributed by atoms with van der Waals surface area (Å²) in [6.07, 6.45) is 6.38. The Kier molecular flexibility index (Phi) is 7.85. The van der Waals surface area contributed by atoms with Crippen molar-refractivity contribution in [3.05, 3.63) is 18.2 Å². The van der Waals surface area contributed by atoms with Crippen LogP contribution in [0.3, 0.4) is 0 Å². The lowest BCUT2D eigenvalue weighted by molar-refractivity contribution is 0.290. The highest BCUT2D eigenvalue weighted by Gasteiger charge is 2.08. The molecule has 0 fully saturated rings. The van der Waals surface area contributed by atoms with Crippen molar-refractivity contribution < 1.29 is 0 Å². The Morgan fingerprint density at radius 2 is 1.95 bits per heavy atom. The Hall–Kier alpha value is -0.870. The molecule has 1 rings (SSSR count). The molecule has 1 aromatic rings. The summed E-state index contributed by atoms with van der Waals surface area (Å²) in [6, 6.07) is 1.04. The van der Waals surface area contributed by atoms with Crippen LogP contribution in [0.5, 0.6) is 0 Å². The second kappa shape index (κ2) is 9.14. The molecule has 20 heavy (non-hydrogen) atoms. The van der Waals surface area contributed by atoms with Gasteiger partial charge in [0.2, 0.25) is 0 Å². The van der Waals surface area contributed by atoms with Crippen LogP contribution in [0.4, 0.5) is 0 Å². The zero-order valence-corrected chi connectivity index (χ0v) is 13.9. The molecule has 1 aromatic heterocycles. The van der Waals surface area contributed by atoms with Gasteiger partial charge >= 0.3 is 0 Å². The maximum absolute atomic E-state index is 4.25. The Morgan fingerprint density at radius 3 is 2.55 bits per heavy atom. The molecular formula is C16H32N4. The van der Waals surface area contributed by atoms with Crippen LogP contribution in [-0.2, 0) is 6.54 Å². The fourth-order valence-corrected chi connectivity index (χ4v) is 2.48. The van der Waals surface area contributed by atoms with E-state index in [0.29, 0.717) is 12.1 Å². The molecule has 4 heteroatoms. The second-order valence-electron chi connectivity index (χ2n) is 5.84. The fourth-order valence-electron chi connectivity index (χ4n) is 2.48. The Morgan fingerprint density at radius 1 is 1.25 bits per heavy atom. The molecule has 0 aliphatic rings. The summed E-state index contributed by atoms with van der Waals surface area (Å²) in [5, 5.41) is 3.61. The number of nitrogens with zero attached hydrogens (tertiary/aromatic N) is 3. The van der Waals surface area contributed by atoms with E-state index in [1.807, 2.05) is 12.5 Å². The average Bonchev–Trinajstić information content (AvgIpc) is 2.90. The van der Waals surface area contributed by atoms with Gasteiger partial charge in [-0.25, -0.2) is 4.98 Å². The second-order valence-corrected chi connectivity index (χ2v) is 5.84. The van der Waals surface area contributed by atoms with Gasteiger partial charge in [0.1, 0.15) is 0 Å². The first-order valence-corrected chi connectivity index (χ1v) is 8.04. The summed E-state index contributed by atoms with van der Waals surface area (Å²) in [5.41, 5.74) is 1.27. The topological polar surface area (TPSA) is 33.1 Å². The van der Waals surface area contributed by atoms with E-state index in [1.54, 1.807) is 0 Å². The average molecular weight is 280 g/mol. The van der Waals surface area contributed by atoms with E-state index >= 15 is 0 Å². The van der Waals surface area contributed by atoms with E-state index in [0.717, 1.165) is 19.6 Å². The first kappa shape index (κ1) is 17.2. The molecule has 0 aliphatic carbocycles. The van der Waals surface area contributed by atoms with E-state index < -0.39 is 0 Å². The normalized spacial score (nSPS) is 13.3. The van der Waals surface area contributed by atoms with Crippen LogP contribution in [0.2, 0.25) is 0 Å². The monoisotopic (exact) mass is 280 g/mol. The highest BCUT2D eigenvalue weighted by atomic mass is 15.1. The molecule has 0 spiro atoms. The molecule has 0 aliphatic heterocycles. The first-order chi connectivity index (χ1) is 9.58. The minimum atomic E-state index is 0.479. The lowest BCUT2D eigenvalue weighted by Gasteiger charge is -2.20. The van der Waals surface area contributed by atoms with Crippen LogP contribution in [0.15, 0.2) is 12.5 Å². The lowest BCUT2D eigenvalue weighted by atomic mass is 10.1. The molecule has 0 saturated carbocycles. The van der Waals surface area contributed by atoms with Crippen molar-refractivity contribution in [2.75, 3.05) is 19.6 Å². The SMILES string of the molecule is CCN(CC)CCCC(C)NCc1cncn1C(C)C. The largest absolute Gasteiger partial charge is 0.331 e. The summed E-state index contributed by atoms with van der Waals surface area (Å²) >= 11 is 0. The Balaban J connectivity index is 2.26. The highest BCUT2D eigenvalue weighted by molar-refractivity contribution is 4.99. The van der Waals surface area contributed by atoms with E-state index in [2.05, 4.69) is 54.4 Å². The summed E-state index contributed by atoms with van der Waals surface area (Å²) in [4.78, 5) is 6.73. The van der Waals surface area contributed by atoms with Gasteiger partial charge in [-0.05, 0) is 53.2 Å². The maximum Gasteiger partial charge on any atom is 0.0951 e. The zero-order chi connectivity index (χ0) is 15.0. The van der Waals surface area contributed by atoms with E-state index in [9.17, 15) is 0 Å².